The van der Waals surface area contributed by atoms with Crippen LogP contribution in [0.4, 0.5) is 17.1 Å². The molecule has 0 aliphatic carbocycles. The van der Waals surface area contributed by atoms with Gasteiger partial charge in [0.15, 0.2) is 0 Å². The minimum Gasteiger partial charge on any atom is -0.309 e. The normalized spacial score (nSPS) is 13.1. The van der Waals surface area contributed by atoms with Crippen LogP contribution >= 0.6 is 0 Å². The first-order valence-electron chi connectivity index (χ1n) is 26.9. The number of benzene rings is 10. The fraction of sp³-hybridized carbons (Fsp3) is 0.278. The SMILES string of the molecule is CC(C)(C)c1ccc(N(c2cc(C(C)(C)C)ccc2-c2cc(-c3cc(C(C)(C)C)cc(C(C)(C)C)c3)cc(C(C)(C)C)c2)c2ccc3ccc4c(-n5c6ccccc6c6ccccc65)ccc5ccc2c3c54)cc1. The fourth-order valence-corrected chi connectivity index (χ4v) is 11.3. The lowest BCUT2D eigenvalue weighted by atomic mass is 9.78. The Morgan fingerprint density at radius 3 is 1.31 bits per heavy atom. The maximum absolute atomic E-state index is 2.58. The summed E-state index contributed by atoms with van der Waals surface area (Å²) >= 11 is 0. The molecule has 2 nitrogen and oxygen atoms in total. The Morgan fingerprint density at radius 2 is 0.757 bits per heavy atom. The molecule has 0 unspecified atom stereocenters. The van der Waals surface area contributed by atoms with Crippen molar-refractivity contribution in [1.82, 2.24) is 4.57 Å². The number of hydrogen-bond donors (Lipinski definition) is 0. The molecule has 0 saturated carbocycles. The number of nitrogens with zero attached hydrogens (tertiary/aromatic N) is 2. The molecule has 0 atom stereocenters. The van der Waals surface area contributed by atoms with Crippen LogP contribution in [-0.4, -0.2) is 4.57 Å². The second kappa shape index (κ2) is 17.2. The van der Waals surface area contributed by atoms with Gasteiger partial charge in [0.2, 0.25) is 0 Å². The molecule has 0 bridgehead atoms. The third-order valence-electron chi connectivity index (χ3n) is 15.9. The Hall–Kier alpha value is -7.16. The maximum atomic E-state index is 2.58. The molecule has 1 heterocycles. The van der Waals surface area contributed by atoms with Gasteiger partial charge in [-0.3, -0.25) is 0 Å². The van der Waals surface area contributed by atoms with Gasteiger partial charge in [0.05, 0.1) is 28.1 Å². The summed E-state index contributed by atoms with van der Waals surface area (Å²) in [6, 6.07) is 68.0. The van der Waals surface area contributed by atoms with Crippen molar-refractivity contribution in [3.8, 4) is 27.9 Å². The highest BCUT2D eigenvalue weighted by Crippen LogP contribution is 2.50. The van der Waals surface area contributed by atoms with Crippen LogP contribution in [0.2, 0.25) is 0 Å². The van der Waals surface area contributed by atoms with Gasteiger partial charge in [0.25, 0.3) is 0 Å². The van der Waals surface area contributed by atoms with E-state index in [0.29, 0.717) is 0 Å². The third-order valence-corrected chi connectivity index (χ3v) is 15.9. The molecule has 0 aliphatic rings. The molecule has 0 saturated heterocycles. The van der Waals surface area contributed by atoms with Crippen molar-refractivity contribution in [3.05, 3.63) is 204 Å². The Bertz CT molecular complexity index is 3870. The molecular weight excluding hydrogens is 893 g/mol. The van der Waals surface area contributed by atoms with Crippen LogP contribution in [-0.2, 0) is 27.1 Å². The number of fused-ring (bicyclic) bond motifs is 3. The second-order valence-corrected chi connectivity index (χ2v) is 26.4. The first-order chi connectivity index (χ1) is 34.8. The van der Waals surface area contributed by atoms with Crippen molar-refractivity contribution in [2.75, 3.05) is 4.90 Å². The largest absolute Gasteiger partial charge is 0.309 e. The first kappa shape index (κ1) is 49.1. The number of aromatic nitrogens is 1. The highest BCUT2D eigenvalue weighted by Gasteiger charge is 2.28. The van der Waals surface area contributed by atoms with E-state index in [0.717, 1.165) is 17.1 Å². The van der Waals surface area contributed by atoms with Crippen molar-refractivity contribution < 1.29 is 0 Å². The molecule has 2 heteroatoms. The summed E-state index contributed by atoms with van der Waals surface area (Å²) < 4.78 is 2.48. The standard InChI is InChI=1S/C72H74N2/c1-68(2,3)50-28-31-55(32-29-50)73(63-36-26-45-25-34-60-64(37-27-46-24-33-59(63)66(45)67(46)60)74-61-22-18-16-20-57(61)58-21-17-19-23-62(58)74)65-44-51(69(4,5)6)30-35-56(65)49-38-47(39-52(42-49)70(7,8)9)48-40-53(71(10,11)12)43-54(41-48)72(13,14)15/h16-44H,1-15H3. The summed E-state index contributed by atoms with van der Waals surface area (Å²) in [6.07, 6.45) is 0. The lowest BCUT2D eigenvalue weighted by molar-refractivity contribution is 0.569. The molecule has 11 aromatic rings. The molecule has 1 aromatic heterocycles. The average molecular weight is 967 g/mol. The van der Waals surface area contributed by atoms with Crippen LogP contribution < -0.4 is 4.90 Å². The molecule has 0 spiro atoms. The smallest absolute Gasteiger partial charge is 0.0543 e. The van der Waals surface area contributed by atoms with E-state index >= 15 is 0 Å². The molecule has 0 amide bonds. The first-order valence-corrected chi connectivity index (χ1v) is 26.9. The molecule has 0 aliphatic heterocycles. The number of para-hydroxylation sites is 2. The van der Waals surface area contributed by atoms with Crippen molar-refractivity contribution >= 4 is 71.2 Å². The predicted octanol–water partition coefficient (Wildman–Crippen LogP) is 21.0. The molecule has 0 fully saturated rings. The van der Waals surface area contributed by atoms with Crippen molar-refractivity contribution in [2.24, 2.45) is 0 Å². The Labute approximate surface area is 441 Å². The van der Waals surface area contributed by atoms with Gasteiger partial charge in [-0.15, -0.1) is 0 Å². The second-order valence-electron chi connectivity index (χ2n) is 26.4. The number of rotatable bonds is 6. The Morgan fingerprint density at radius 1 is 0.311 bits per heavy atom. The summed E-state index contributed by atoms with van der Waals surface area (Å²) in [7, 11) is 0. The molecule has 74 heavy (non-hydrogen) atoms. The van der Waals surface area contributed by atoms with E-state index in [1.165, 1.54) is 110 Å². The van der Waals surface area contributed by atoms with Crippen LogP contribution in [0.1, 0.15) is 132 Å². The van der Waals surface area contributed by atoms with Crippen molar-refractivity contribution in [2.45, 2.75) is 131 Å². The maximum Gasteiger partial charge on any atom is 0.0543 e. The van der Waals surface area contributed by atoms with E-state index in [1.54, 1.807) is 0 Å². The molecule has 0 radical (unpaired) electrons. The molecule has 11 rings (SSSR count). The zero-order chi connectivity index (χ0) is 52.4. The molecule has 372 valence electrons. The van der Waals surface area contributed by atoms with Crippen LogP contribution in [0.15, 0.2) is 176 Å². The van der Waals surface area contributed by atoms with Crippen LogP contribution in [0.3, 0.4) is 0 Å². The summed E-state index contributed by atoms with van der Waals surface area (Å²) in [5, 5.41) is 10.1. The monoisotopic (exact) mass is 967 g/mol. The molecular formula is C72H74N2. The lowest BCUT2D eigenvalue weighted by Gasteiger charge is -2.32. The molecule has 10 aromatic carbocycles. The zero-order valence-corrected chi connectivity index (χ0v) is 46.6. The van der Waals surface area contributed by atoms with Crippen LogP contribution in [0.25, 0.3) is 82.1 Å². The molecule has 0 N–H and O–H groups in total. The van der Waals surface area contributed by atoms with Gasteiger partial charge in [0.1, 0.15) is 0 Å². The van der Waals surface area contributed by atoms with Gasteiger partial charge in [-0.1, -0.05) is 231 Å². The number of hydrogen-bond acceptors (Lipinski definition) is 1. The van der Waals surface area contributed by atoms with E-state index in [-0.39, 0.29) is 27.1 Å². The lowest BCUT2D eigenvalue weighted by Crippen LogP contribution is -2.17. The summed E-state index contributed by atoms with van der Waals surface area (Å²) in [6.45, 7) is 35.0. The highest BCUT2D eigenvalue weighted by atomic mass is 15.1. The third kappa shape index (κ3) is 8.55. The van der Waals surface area contributed by atoms with Gasteiger partial charge in [-0.2, -0.15) is 0 Å². The highest BCUT2D eigenvalue weighted by molar-refractivity contribution is 6.27. The van der Waals surface area contributed by atoms with Crippen molar-refractivity contribution in [3.63, 3.8) is 0 Å². The van der Waals surface area contributed by atoms with E-state index in [9.17, 15) is 0 Å². The predicted molar refractivity (Wildman–Crippen MR) is 324 cm³/mol. The number of anilines is 3. The Kier molecular flexibility index (Phi) is 11.4. The Balaban J connectivity index is 1.21. The minimum atomic E-state index is -0.101. The van der Waals surface area contributed by atoms with E-state index in [1.807, 2.05) is 0 Å². The summed E-state index contributed by atoms with van der Waals surface area (Å²) in [5.41, 5.74) is 18.4. The van der Waals surface area contributed by atoms with Crippen molar-refractivity contribution in [1.29, 1.82) is 0 Å². The zero-order valence-electron chi connectivity index (χ0n) is 46.6. The minimum absolute atomic E-state index is 0.00267. The van der Waals surface area contributed by atoms with Gasteiger partial charge < -0.3 is 9.47 Å². The quantitative estimate of drug-likeness (QED) is 0.151. The van der Waals surface area contributed by atoms with E-state index < -0.39 is 0 Å². The van der Waals surface area contributed by atoms with Gasteiger partial charge in [0, 0.05) is 32.8 Å². The van der Waals surface area contributed by atoms with Gasteiger partial charge >= 0.3 is 0 Å². The van der Waals surface area contributed by atoms with E-state index in [2.05, 4.69) is 289 Å². The summed E-state index contributed by atoms with van der Waals surface area (Å²) in [5.74, 6) is 0. The average Bonchev–Trinajstić information content (AvgIpc) is 3.69. The van der Waals surface area contributed by atoms with Gasteiger partial charge in [-0.25, -0.2) is 0 Å². The van der Waals surface area contributed by atoms with Crippen LogP contribution in [0.5, 0.6) is 0 Å². The van der Waals surface area contributed by atoms with Gasteiger partial charge in [-0.05, 0) is 142 Å². The van der Waals surface area contributed by atoms with E-state index in [4.69, 9.17) is 0 Å². The van der Waals surface area contributed by atoms with Crippen LogP contribution in [0, 0.1) is 0 Å². The topological polar surface area (TPSA) is 8.17 Å². The fourth-order valence-electron chi connectivity index (χ4n) is 11.3. The summed E-state index contributed by atoms with van der Waals surface area (Å²) in [4.78, 5) is 2.58.